The van der Waals surface area contributed by atoms with Crippen LogP contribution < -0.4 is 5.32 Å². The number of carbonyl (C=O) groups is 1. The van der Waals surface area contributed by atoms with Crippen LogP contribution in [0.4, 0.5) is 11.4 Å². The quantitative estimate of drug-likeness (QED) is 0.386. The van der Waals surface area contributed by atoms with Gasteiger partial charge < -0.3 is 5.32 Å². The largest absolute Gasteiger partial charge is 0.321 e. The molecular weight excluding hydrogens is 474 g/mol. The normalized spacial score (nSPS) is 10.2. The topological polar surface area (TPSA) is 72.2 Å². The third-order valence-corrected chi connectivity index (χ3v) is 4.42. The van der Waals surface area contributed by atoms with Crippen LogP contribution in [-0.2, 0) is 0 Å². The first kappa shape index (κ1) is 16.2. The fourth-order valence-electron chi connectivity index (χ4n) is 1.58. The molecule has 2 rings (SSSR count). The average Bonchev–Trinajstić information content (AvgIpc) is 2.42. The maximum absolute atomic E-state index is 12.3. The molecule has 0 saturated carbocycles. The number of nitrogens with zero attached hydrogens (tertiary/aromatic N) is 1. The van der Waals surface area contributed by atoms with Crippen LogP contribution in [0.15, 0.2) is 40.9 Å². The highest BCUT2D eigenvalue weighted by Crippen LogP contribution is 2.27. The lowest BCUT2D eigenvalue weighted by Gasteiger charge is -2.09. The van der Waals surface area contributed by atoms with E-state index in [2.05, 4.69) is 21.2 Å². The maximum atomic E-state index is 12.3. The van der Waals surface area contributed by atoms with Crippen LogP contribution in [0.1, 0.15) is 10.4 Å². The molecule has 0 aliphatic carbocycles. The Hall–Kier alpha value is -1.19. The second kappa shape index (κ2) is 6.71. The van der Waals surface area contributed by atoms with Crippen molar-refractivity contribution in [1.82, 2.24) is 0 Å². The van der Waals surface area contributed by atoms with Crippen molar-refractivity contribution < 1.29 is 9.72 Å². The van der Waals surface area contributed by atoms with Gasteiger partial charge in [-0.3, -0.25) is 14.9 Å². The molecule has 0 atom stereocenters. The Morgan fingerprint density at radius 2 is 2.00 bits per heavy atom. The van der Waals surface area contributed by atoms with E-state index in [9.17, 15) is 14.9 Å². The summed E-state index contributed by atoms with van der Waals surface area (Å²) in [6.45, 7) is 0. The van der Waals surface area contributed by atoms with E-state index in [4.69, 9.17) is 11.6 Å². The summed E-state index contributed by atoms with van der Waals surface area (Å²) in [5, 5.41) is 14.0. The van der Waals surface area contributed by atoms with Crippen molar-refractivity contribution in [2.75, 3.05) is 5.32 Å². The molecule has 0 radical (unpaired) electrons. The lowest BCUT2D eigenvalue weighted by molar-refractivity contribution is -0.384. The minimum absolute atomic E-state index is 0.129. The van der Waals surface area contributed by atoms with E-state index in [1.54, 1.807) is 18.2 Å². The van der Waals surface area contributed by atoms with E-state index in [1.165, 1.54) is 18.2 Å². The maximum Gasteiger partial charge on any atom is 0.270 e. The Balaban J connectivity index is 2.32. The molecule has 108 valence electrons. The van der Waals surface area contributed by atoms with E-state index in [-0.39, 0.29) is 11.3 Å². The van der Waals surface area contributed by atoms with Gasteiger partial charge in [-0.2, -0.15) is 0 Å². The van der Waals surface area contributed by atoms with Gasteiger partial charge in [0.2, 0.25) is 0 Å². The van der Waals surface area contributed by atoms with Gasteiger partial charge in [-0.05, 0) is 62.8 Å². The van der Waals surface area contributed by atoms with Crippen molar-refractivity contribution in [1.29, 1.82) is 0 Å². The molecule has 5 nitrogen and oxygen atoms in total. The fraction of sp³-hybridized carbons (Fsp3) is 0. The molecular formula is C13H7BrClIN2O3. The van der Waals surface area contributed by atoms with Gasteiger partial charge in [0.15, 0.2) is 0 Å². The summed E-state index contributed by atoms with van der Waals surface area (Å²) in [5.41, 5.74) is 0.647. The average molecular weight is 481 g/mol. The number of halogens is 3. The lowest BCUT2D eigenvalue weighted by Crippen LogP contribution is -2.14. The van der Waals surface area contributed by atoms with Crippen LogP contribution in [0.2, 0.25) is 5.02 Å². The van der Waals surface area contributed by atoms with E-state index in [0.29, 0.717) is 18.8 Å². The molecule has 0 unspecified atom stereocenters. The Kier molecular flexibility index (Phi) is 5.17. The molecule has 1 amide bonds. The van der Waals surface area contributed by atoms with Crippen LogP contribution in [0.5, 0.6) is 0 Å². The van der Waals surface area contributed by atoms with Crippen molar-refractivity contribution in [3.8, 4) is 0 Å². The summed E-state index contributed by atoms with van der Waals surface area (Å²) in [6, 6.07) is 9.08. The third kappa shape index (κ3) is 3.92. The van der Waals surface area contributed by atoms with Crippen LogP contribution in [0.25, 0.3) is 0 Å². The highest BCUT2D eigenvalue weighted by atomic mass is 127. The molecule has 1 N–H and O–H groups in total. The Labute approximate surface area is 147 Å². The standard InChI is InChI=1S/C13H7BrClIN2O3/c14-10-5-7(15)1-4-12(10)17-13(19)9-6-8(18(20)21)2-3-11(9)16/h1-6H,(H,17,19). The molecule has 0 saturated heterocycles. The van der Waals surface area contributed by atoms with Crippen LogP contribution in [0.3, 0.4) is 0 Å². The Morgan fingerprint density at radius 1 is 1.29 bits per heavy atom. The van der Waals surface area contributed by atoms with Gasteiger partial charge in [-0.25, -0.2) is 0 Å². The summed E-state index contributed by atoms with van der Waals surface area (Å²) in [4.78, 5) is 22.5. The molecule has 0 aliphatic heterocycles. The van der Waals surface area contributed by atoms with Crippen LogP contribution >= 0.6 is 50.1 Å². The summed E-state index contributed by atoms with van der Waals surface area (Å²) in [7, 11) is 0. The number of benzene rings is 2. The second-order valence-electron chi connectivity index (χ2n) is 4.00. The van der Waals surface area contributed by atoms with Gasteiger partial charge >= 0.3 is 0 Å². The first-order chi connectivity index (χ1) is 9.88. The van der Waals surface area contributed by atoms with Crippen molar-refractivity contribution in [2.24, 2.45) is 0 Å². The van der Waals surface area contributed by atoms with Crippen molar-refractivity contribution >= 4 is 67.4 Å². The van der Waals surface area contributed by atoms with Crippen molar-refractivity contribution in [3.05, 3.63) is 65.1 Å². The molecule has 2 aromatic carbocycles. The summed E-state index contributed by atoms with van der Waals surface area (Å²) in [6.07, 6.45) is 0. The van der Waals surface area contributed by atoms with Crippen molar-refractivity contribution in [3.63, 3.8) is 0 Å². The number of nitro benzene ring substituents is 1. The van der Waals surface area contributed by atoms with E-state index >= 15 is 0 Å². The second-order valence-corrected chi connectivity index (χ2v) is 6.45. The molecule has 21 heavy (non-hydrogen) atoms. The zero-order valence-electron chi connectivity index (χ0n) is 10.3. The number of amides is 1. The van der Waals surface area contributed by atoms with E-state index in [0.717, 1.165) is 0 Å². The highest BCUT2D eigenvalue weighted by Gasteiger charge is 2.16. The van der Waals surface area contributed by atoms with Gasteiger partial charge in [-0.15, -0.1) is 0 Å². The fourth-order valence-corrected chi connectivity index (χ4v) is 2.94. The summed E-state index contributed by atoms with van der Waals surface area (Å²) < 4.78 is 1.25. The number of rotatable bonds is 3. The van der Waals surface area contributed by atoms with Gasteiger partial charge in [0, 0.05) is 25.2 Å². The van der Waals surface area contributed by atoms with Gasteiger partial charge in [0.1, 0.15) is 0 Å². The van der Waals surface area contributed by atoms with Crippen LogP contribution in [0, 0.1) is 13.7 Å². The number of hydrogen-bond acceptors (Lipinski definition) is 3. The number of non-ortho nitro benzene ring substituents is 1. The SMILES string of the molecule is O=C(Nc1ccc(Cl)cc1Br)c1cc([N+](=O)[O-])ccc1I. The molecule has 0 aromatic heterocycles. The predicted octanol–water partition coefficient (Wildman–Crippen LogP) is 4.87. The number of anilines is 1. The third-order valence-electron chi connectivity index (χ3n) is 2.58. The first-order valence-electron chi connectivity index (χ1n) is 5.59. The predicted molar refractivity (Wildman–Crippen MR) is 92.9 cm³/mol. The Bertz CT molecular complexity index is 739. The van der Waals surface area contributed by atoms with Crippen LogP contribution in [-0.4, -0.2) is 10.8 Å². The summed E-state index contributed by atoms with van der Waals surface area (Å²) in [5.74, 6) is -0.425. The molecule has 0 heterocycles. The minimum atomic E-state index is -0.537. The number of nitro groups is 1. The minimum Gasteiger partial charge on any atom is -0.321 e. The number of carbonyl (C=O) groups excluding carboxylic acids is 1. The van der Waals surface area contributed by atoms with Gasteiger partial charge in [0.25, 0.3) is 11.6 Å². The first-order valence-corrected chi connectivity index (χ1v) is 7.84. The van der Waals surface area contributed by atoms with E-state index < -0.39 is 10.8 Å². The monoisotopic (exact) mass is 480 g/mol. The molecule has 8 heteroatoms. The zero-order chi connectivity index (χ0) is 15.6. The number of hydrogen-bond donors (Lipinski definition) is 1. The van der Waals surface area contributed by atoms with Gasteiger partial charge in [0.05, 0.1) is 16.2 Å². The van der Waals surface area contributed by atoms with Gasteiger partial charge in [-0.1, -0.05) is 11.6 Å². The molecule has 0 spiro atoms. The Morgan fingerprint density at radius 3 is 2.62 bits per heavy atom. The molecule has 0 bridgehead atoms. The molecule has 0 fully saturated rings. The zero-order valence-corrected chi connectivity index (χ0v) is 14.8. The van der Waals surface area contributed by atoms with E-state index in [1.807, 2.05) is 22.6 Å². The lowest BCUT2D eigenvalue weighted by atomic mass is 10.2. The summed E-state index contributed by atoms with van der Waals surface area (Å²) >= 11 is 11.1. The molecule has 0 aliphatic rings. The highest BCUT2D eigenvalue weighted by molar-refractivity contribution is 14.1. The molecule has 2 aromatic rings. The number of nitrogens with one attached hydrogen (secondary N) is 1. The van der Waals surface area contributed by atoms with Crippen molar-refractivity contribution in [2.45, 2.75) is 0 Å². The smallest absolute Gasteiger partial charge is 0.270 e.